The van der Waals surface area contributed by atoms with Gasteiger partial charge in [0.2, 0.25) is 0 Å². The molecule has 0 aliphatic carbocycles. The minimum Gasteiger partial charge on any atom is -0.309 e. The molecule has 3 aromatic carbocycles. The van der Waals surface area contributed by atoms with Gasteiger partial charge in [-0.05, 0) is 36.2 Å². The zero-order chi connectivity index (χ0) is 16.7. The molecular weight excluding hydrogens is 290 g/mol. The summed E-state index contributed by atoms with van der Waals surface area (Å²) in [6, 6.07) is 21.5. The first-order valence-electron chi connectivity index (χ1n) is 8.12. The maximum atomic E-state index is 4.03. The molecule has 4 rings (SSSR count). The number of nitrogens with zero attached hydrogens (tertiary/aromatic N) is 1. The van der Waals surface area contributed by atoms with Crippen LogP contribution in [0.4, 0.5) is 0 Å². The second kappa shape index (κ2) is 5.54. The Balaban J connectivity index is 2.23. The van der Waals surface area contributed by atoms with Gasteiger partial charge in [-0.3, -0.25) is 0 Å². The SMILES string of the molecule is C=Cc1cccc(-n2c3ccccc3c3ccc(C)cc32)c1C=C. The molecule has 0 saturated heterocycles. The smallest absolute Gasteiger partial charge is 0.0543 e. The molecule has 0 N–H and O–H groups in total. The Morgan fingerprint density at radius 3 is 2.38 bits per heavy atom. The van der Waals surface area contributed by atoms with Crippen LogP contribution in [0.15, 0.2) is 73.8 Å². The Morgan fingerprint density at radius 1 is 0.792 bits per heavy atom. The first-order valence-corrected chi connectivity index (χ1v) is 8.12. The predicted molar refractivity (Wildman–Crippen MR) is 106 cm³/mol. The number of para-hydroxylation sites is 1. The molecule has 1 nitrogen and oxygen atoms in total. The van der Waals surface area contributed by atoms with Crippen LogP contribution in [0.5, 0.6) is 0 Å². The lowest BCUT2D eigenvalue weighted by Gasteiger charge is -2.13. The van der Waals surface area contributed by atoms with Crippen molar-refractivity contribution in [2.75, 3.05) is 0 Å². The third-order valence-corrected chi connectivity index (χ3v) is 4.61. The van der Waals surface area contributed by atoms with Crippen LogP contribution in [-0.2, 0) is 0 Å². The lowest BCUT2D eigenvalue weighted by molar-refractivity contribution is 1.17. The fourth-order valence-corrected chi connectivity index (χ4v) is 3.51. The van der Waals surface area contributed by atoms with Crippen LogP contribution < -0.4 is 0 Å². The molecule has 0 aliphatic heterocycles. The molecule has 0 amide bonds. The zero-order valence-electron chi connectivity index (χ0n) is 13.8. The van der Waals surface area contributed by atoms with Crippen LogP contribution in [0.2, 0.25) is 0 Å². The third kappa shape index (κ3) is 2.02. The summed E-state index contributed by atoms with van der Waals surface area (Å²) in [4.78, 5) is 0. The van der Waals surface area contributed by atoms with Crippen molar-refractivity contribution in [3.63, 3.8) is 0 Å². The van der Waals surface area contributed by atoms with E-state index in [1.165, 1.54) is 27.4 Å². The maximum Gasteiger partial charge on any atom is 0.0543 e. The highest BCUT2D eigenvalue weighted by molar-refractivity contribution is 6.09. The standard InChI is InChI=1S/C23H19N/c1-4-17-9-8-12-21(18(17)5-2)24-22-11-7-6-10-19(22)20-14-13-16(3)15-23(20)24/h4-15H,1-2H2,3H3. The summed E-state index contributed by atoms with van der Waals surface area (Å²) in [7, 11) is 0. The van der Waals surface area contributed by atoms with E-state index in [4.69, 9.17) is 0 Å². The van der Waals surface area contributed by atoms with Crippen molar-refractivity contribution in [2.45, 2.75) is 6.92 Å². The fraction of sp³-hybridized carbons (Fsp3) is 0.0435. The Labute approximate surface area is 142 Å². The molecule has 24 heavy (non-hydrogen) atoms. The van der Waals surface area contributed by atoms with Gasteiger partial charge in [-0.25, -0.2) is 0 Å². The predicted octanol–water partition coefficient (Wildman–Crippen LogP) is 6.38. The average Bonchev–Trinajstić information content (AvgIpc) is 2.94. The summed E-state index contributed by atoms with van der Waals surface area (Å²) in [5.74, 6) is 0. The van der Waals surface area contributed by atoms with Gasteiger partial charge < -0.3 is 4.57 Å². The summed E-state index contributed by atoms with van der Waals surface area (Å²) >= 11 is 0. The summed E-state index contributed by atoms with van der Waals surface area (Å²) in [5, 5.41) is 2.54. The monoisotopic (exact) mass is 309 g/mol. The normalized spacial score (nSPS) is 11.0. The van der Waals surface area contributed by atoms with E-state index in [0.717, 1.165) is 16.8 Å². The van der Waals surface area contributed by atoms with E-state index >= 15 is 0 Å². The number of hydrogen-bond donors (Lipinski definition) is 0. The van der Waals surface area contributed by atoms with E-state index in [-0.39, 0.29) is 0 Å². The minimum atomic E-state index is 1.10. The Hall–Kier alpha value is -3.06. The number of aromatic nitrogens is 1. The van der Waals surface area contributed by atoms with Gasteiger partial charge in [-0.15, -0.1) is 0 Å². The van der Waals surface area contributed by atoms with Crippen molar-refractivity contribution in [3.05, 3.63) is 90.5 Å². The van der Waals surface area contributed by atoms with Crippen LogP contribution in [-0.4, -0.2) is 4.57 Å². The van der Waals surface area contributed by atoms with Gasteiger partial charge in [0.25, 0.3) is 0 Å². The maximum absolute atomic E-state index is 4.03. The van der Waals surface area contributed by atoms with Crippen LogP contribution in [0, 0.1) is 6.92 Å². The van der Waals surface area contributed by atoms with Crippen LogP contribution in [0.25, 0.3) is 39.6 Å². The summed E-state index contributed by atoms with van der Waals surface area (Å²) < 4.78 is 2.34. The van der Waals surface area contributed by atoms with Crippen molar-refractivity contribution in [3.8, 4) is 5.69 Å². The third-order valence-electron chi connectivity index (χ3n) is 4.61. The summed E-state index contributed by atoms with van der Waals surface area (Å²) in [6.07, 6.45) is 3.81. The van der Waals surface area contributed by atoms with Gasteiger partial charge in [-0.1, -0.05) is 67.8 Å². The van der Waals surface area contributed by atoms with Crippen LogP contribution >= 0.6 is 0 Å². The molecule has 1 heteroatoms. The van der Waals surface area contributed by atoms with Crippen LogP contribution in [0.1, 0.15) is 16.7 Å². The highest BCUT2D eigenvalue weighted by Crippen LogP contribution is 2.34. The quantitative estimate of drug-likeness (QED) is 0.414. The molecule has 1 heterocycles. The second-order valence-corrected chi connectivity index (χ2v) is 6.06. The number of benzene rings is 3. The van der Waals surface area contributed by atoms with Gasteiger partial charge in [0.15, 0.2) is 0 Å². The molecular formula is C23H19N. The Kier molecular flexibility index (Phi) is 3.35. The first kappa shape index (κ1) is 14.5. The molecule has 0 saturated carbocycles. The Bertz CT molecular complexity index is 1100. The van der Waals surface area contributed by atoms with E-state index in [0.29, 0.717) is 0 Å². The van der Waals surface area contributed by atoms with Gasteiger partial charge >= 0.3 is 0 Å². The van der Waals surface area contributed by atoms with E-state index in [2.05, 4.69) is 85.3 Å². The van der Waals surface area contributed by atoms with Crippen molar-refractivity contribution < 1.29 is 0 Å². The highest BCUT2D eigenvalue weighted by Gasteiger charge is 2.14. The number of hydrogen-bond acceptors (Lipinski definition) is 0. The summed E-state index contributed by atoms with van der Waals surface area (Å²) in [6.45, 7) is 10.1. The Morgan fingerprint density at radius 2 is 1.58 bits per heavy atom. The first-order chi connectivity index (χ1) is 11.7. The van der Waals surface area contributed by atoms with Crippen molar-refractivity contribution in [2.24, 2.45) is 0 Å². The molecule has 0 fully saturated rings. The van der Waals surface area contributed by atoms with Crippen molar-refractivity contribution in [1.82, 2.24) is 4.57 Å². The molecule has 0 aliphatic rings. The van der Waals surface area contributed by atoms with Gasteiger partial charge in [0.1, 0.15) is 0 Å². The molecule has 4 aromatic rings. The van der Waals surface area contributed by atoms with Gasteiger partial charge in [0.05, 0.1) is 16.7 Å². The highest BCUT2D eigenvalue weighted by atomic mass is 15.0. The zero-order valence-corrected chi connectivity index (χ0v) is 13.8. The minimum absolute atomic E-state index is 1.10. The molecule has 1 aromatic heterocycles. The number of fused-ring (bicyclic) bond motifs is 3. The topological polar surface area (TPSA) is 4.93 Å². The molecule has 0 unspecified atom stereocenters. The van der Waals surface area contributed by atoms with Crippen LogP contribution in [0.3, 0.4) is 0 Å². The van der Waals surface area contributed by atoms with Crippen molar-refractivity contribution in [1.29, 1.82) is 0 Å². The van der Waals surface area contributed by atoms with E-state index < -0.39 is 0 Å². The lowest BCUT2D eigenvalue weighted by atomic mass is 10.0. The molecule has 116 valence electrons. The van der Waals surface area contributed by atoms with E-state index in [1.807, 2.05) is 12.2 Å². The van der Waals surface area contributed by atoms with Gasteiger partial charge in [0, 0.05) is 16.3 Å². The van der Waals surface area contributed by atoms with E-state index in [9.17, 15) is 0 Å². The van der Waals surface area contributed by atoms with Crippen molar-refractivity contribution >= 4 is 34.0 Å². The number of aryl methyl sites for hydroxylation is 1. The largest absolute Gasteiger partial charge is 0.309 e. The second-order valence-electron chi connectivity index (χ2n) is 6.06. The molecule has 0 radical (unpaired) electrons. The number of rotatable bonds is 3. The molecule has 0 spiro atoms. The average molecular weight is 309 g/mol. The van der Waals surface area contributed by atoms with E-state index in [1.54, 1.807) is 0 Å². The molecule has 0 bridgehead atoms. The summed E-state index contributed by atoms with van der Waals surface area (Å²) in [5.41, 5.74) is 7.03. The molecule has 0 atom stereocenters. The van der Waals surface area contributed by atoms with Gasteiger partial charge in [-0.2, -0.15) is 0 Å². The lowest BCUT2D eigenvalue weighted by Crippen LogP contribution is -1.98. The fourth-order valence-electron chi connectivity index (χ4n) is 3.51.